The third-order valence-electron chi connectivity index (χ3n) is 3.19. The van der Waals surface area contributed by atoms with Gasteiger partial charge in [-0.3, -0.25) is 5.10 Å². The van der Waals surface area contributed by atoms with Gasteiger partial charge in [-0.1, -0.05) is 24.3 Å². The van der Waals surface area contributed by atoms with Crippen molar-refractivity contribution in [2.75, 3.05) is 0 Å². The molecule has 16 heavy (non-hydrogen) atoms. The summed E-state index contributed by atoms with van der Waals surface area (Å²) in [6.07, 6.45) is 2.22. The van der Waals surface area contributed by atoms with Gasteiger partial charge in [0.25, 0.3) is 0 Å². The summed E-state index contributed by atoms with van der Waals surface area (Å²) in [6.45, 7) is 0.418. The number of nitrogens with one attached hydrogen (secondary N) is 1. The van der Waals surface area contributed by atoms with Crippen LogP contribution in [0.1, 0.15) is 35.1 Å². The molecule has 82 valence electrons. The summed E-state index contributed by atoms with van der Waals surface area (Å²) in [4.78, 5) is 4.42. The smallest absolute Gasteiger partial charge is 0.158 e. The largest absolute Gasteiger partial charge is 0.324 e. The predicted octanol–water partition coefficient (Wildman–Crippen LogP) is 1.34. The Kier molecular flexibility index (Phi) is 2.22. The SMILES string of the molecule is NCc1nc(C2CCc3ccccc32)n[nH]1. The van der Waals surface area contributed by atoms with Crippen molar-refractivity contribution in [1.82, 2.24) is 15.2 Å². The normalized spacial score (nSPS) is 18.7. The Morgan fingerprint density at radius 2 is 2.25 bits per heavy atom. The lowest BCUT2D eigenvalue weighted by Gasteiger charge is -2.05. The number of fused-ring (bicyclic) bond motifs is 1. The number of nitrogens with zero attached hydrogens (tertiary/aromatic N) is 2. The Bertz CT molecular complexity index is 503. The molecule has 1 aliphatic rings. The molecular formula is C12H14N4. The van der Waals surface area contributed by atoms with Crippen LogP contribution in [0.2, 0.25) is 0 Å². The minimum atomic E-state index is 0.341. The minimum absolute atomic E-state index is 0.341. The number of aromatic nitrogens is 3. The molecule has 4 heteroatoms. The average Bonchev–Trinajstić information content (AvgIpc) is 2.94. The van der Waals surface area contributed by atoms with Crippen LogP contribution >= 0.6 is 0 Å². The van der Waals surface area contributed by atoms with E-state index < -0.39 is 0 Å². The number of nitrogens with two attached hydrogens (primary N) is 1. The Labute approximate surface area is 93.9 Å². The molecule has 2 aromatic rings. The molecule has 1 aliphatic carbocycles. The van der Waals surface area contributed by atoms with Crippen LogP contribution in [0.25, 0.3) is 0 Å². The van der Waals surface area contributed by atoms with E-state index in [1.54, 1.807) is 0 Å². The summed E-state index contributed by atoms with van der Waals surface area (Å²) in [7, 11) is 0. The van der Waals surface area contributed by atoms with Gasteiger partial charge in [0.2, 0.25) is 0 Å². The fourth-order valence-electron chi connectivity index (χ4n) is 2.38. The van der Waals surface area contributed by atoms with Gasteiger partial charge < -0.3 is 5.73 Å². The molecule has 3 rings (SSSR count). The van der Waals surface area contributed by atoms with Crippen molar-refractivity contribution in [3.63, 3.8) is 0 Å². The van der Waals surface area contributed by atoms with Crippen LogP contribution in [0.5, 0.6) is 0 Å². The molecule has 0 saturated heterocycles. The second-order valence-corrected chi connectivity index (χ2v) is 4.13. The molecule has 3 N–H and O–H groups in total. The van der Waals surface area contributed by atoms with Crippen LogP contribution in [0, 0.1) is 0 Å². The molecule has 0 amide bonds. The summed E-state index contributed by atoms with van der Waals surface area (Å²) >= 11 is 0. The second-order valence-electron chi connectivity index (χ2n) is 4.13. The van der Waals surface area contributed by atoms with Crippen LogP contribution in [-0.4, -0.2) is 15.2 Å². The Morgan fingerprint density at radius 3 is 3.06 bits per heavy atom. The first-order chi connectivity index (χ1) is 7.88. The fraction of sp³-hybridized carbons (Fsp3) is 0.333. The Balaban J connectivity index is 1.98. The lowest BCUT2D eigenvalue weighted by Crippen LogP contribution is -2.00. The van der Waals surface area contributed by atoms with Crippen LogP contribution < -0.4 is 5.73 Å². The first-order valence-corrected chi connectivity index (χ1v) is 5.57. The molecule has 0 spiro atoms. The maximum absolute atomic E-state index is 5.52. The molecule has 0 saturated carbocycles. The number of hydrogen-bond donors (Lipinski definition) is 2. The van der Waals surface area contributed by atoms with E-state index in [4.69, 9.17) is 5.73 Å². The summed E-state index contributed by atoms with van der Waals surface area (Å²) in [5.74, 6) is 1.98. The highest BCUT2D eigenvalue weighted by Crippen LogP contribution is 2.36. The van der Waals surface area contributed by atoms with Gasteiger partial charge in [0.15, 0.2) is 5.82 Å². The van der Waals surface area contributed by atoms with Gasteiger partial charge in [-0.15, -0.1) is 0 Å². The first kappa shape index (κ1) is 9.54. The van der Waals surface area contributed by atoms with Crippen molar-refractivity contribution in [1.29, 1.82) is 0 Å². The number of rotatable bonds is 2. The zero-order valence-corrected chi connectivity index (χ0v) is 8.98. The standard InChI is InChI=1S/C12H14N4/c13-7-11-14-12(16-15-11)10-6-5-8-3-1-2-4-9(8)10/h1-4,10H,5-7,13H2,(H,14,15,16). The Morgan fingerprint density at radius 1 is 1.38 bits per heavy atom. The highest BCUT2D eigenvalue weighted by atomic mass is 15.2. The predicted molar refractivity (Wildman–Crippen MR) is 60.9 cm³/mol. The summed E-state index contributed by atoms with van der Waals surface area (Å²) in [5.41, 5.74) is 8.31. The van der Waals surface area contributed by atoms with Crippen molar-refractivity contribution in [3.8, 4) is 0 Å². The van der Waals surface area contributed by atoms with Crippen LogP contribution in [0.4, 0.5) is 0 Å². The first-order valence-electron chi connectivity index (χ1n) is 5.57. The number of aromatic amines is 1. The highest BCUT2D eigenvalue weighted by molar-refractivity contribution is 5.38. The van der Waals surface area contributed by atoms with Crippen LogP contribution in [0.3, 0.4) is 0 Å². The van der Waals surface area contributed by atoms with Crippen molar-refractivity contribution in [2.45, 2.75) is 25.3 Å². The minimum Gasteiger partial charge on any atom is -0.324 e. The summed E-state index contributed by atoms with van der Waals surface area (Å²) in [5, 5.41) is 7.13. The van der Waals surface area contributed by atoms with Gasteiger partial charge in [-0.25, -0.2) is 4.98 Å². The monoisotopic (exact) mass is 214 g/mol. The molecule has 0 aliphatic heterocycles. The molecule has 1 heterocycles. The van der Waals surface area contributed by atoms with Gasteiger partial charge in [0.05, 0.1) is 6.54 Å². The van der Waals surface area contributed by atoms with Crippen LogP contribution in [0.15, 0.2) is 24.3 Å². The lowest BCUT2D eigenvalue weighted by atomic mass is 10.0. The third kappa shape index (κ3) is 1.42. The zero-order chi connectivity index (χ0) is 11.0. The third-order valence-corrected chi connectivity index (χ3v) is 3.19. The van der Waals surface area contributed by atoms with E-state index in [1.807, 2.05) is 0 Å². The van der Waals surface area contributed by atoms with E-state index in [0.29, 0.717) is 12.5 Å². The van der Waals surface area contributed by atoms with E-state index in [1.165, 1.54) is 11.1 Å². The maximum atomic E-state index is 5.52. The van der Waals surface area contributed by atoms with E-state index in [-0.39, 0.29) is 0 Å². The van der Waals surface area contributed by atoms with E-state index >= 15 is 0 Å². The Hall–Kier alpha value is -1.68. The molecular weight excluding hydrogens is 200 g/mol. The summed E-state index contributed by atoms with van der Waals surface area (Å²) in [6, 6.07) is 8.52. The molecule has 1 atom stereocenters. The van der Waals surface area contributed by atoms with Gasteiger partial charge in [0, 0.05) is 5.92 Å². The molecule has 0 radical (unpaired) electrons. The van der Waals surface area contributed by atoms with Crippen LogP contribution in [-0.2, 0) is 13.0 Å². The van der Waals surface area contributed by atoms with Crippen molar-refractivity contribution < 1.29 is 0 Å². The van der Waals surface area contributed by atoms with Crippen molar-refractivity contribution >= 4 is 0 Å². The number of aryl methyl sites for hydroxylation is 1. The summed E-state index contributed by atoms with van der Waals surface area (Å²) < 4.78 is 0. The molecule has 0 fully saturated rings. The highest BCUT2D eigenvalue weighted by Gasteiger charge is 2.26. The van der Waals surface area contributed by atoms with Gasteiger partial charge in [-0.2, -0.15) is 5.10 Å². The zero-order valence-electron chi connectivity index (χ0n) is 8.98. The lowest BCUT2D eigenvalue weighted by molar-refractivity contribution is 0.732. The fourth-order valence-corrected chi connectivity index (χ4v) is 2.38. The molecule has 4 nitrogen and oxygen atoms in total. The van der Waals surface area contributed by atoms with Crippen molar-refractivity contribution in [3.05, 3.63) is 47.0 Å². The van der Waals surface area contributed by atoms with E-state index in [2.05, 4.69) is 39.4 Å². The average molecular weight is 214 g/mol. The maximum Gasteiger partial charge on any atom is 0.158 e. The van der Waals surface area contributed by atoms with Crippen molar-refractivity contribution in [2.24, 2.45) is 5.73 Å². The van der Waals surface area contributed by atoms with E-state index in [9.17, 15) is 0 Å². The number of benzene rings is 1. The second kappa shape index (κ2) is 3.72. The number of hydrogen-bond acceptors (Lipinski definition) is 3. The topological polar surface area (TPSA) is 67.6 Å². The quantitative estimate of drug-likeness (QED) is 0.792. The van der Waals surface area contributed by atoms with Gasteiger partial charge >= 0.3 is 0 Å². The molecule has 1 aromatic carbocycles. The number of H-pyrrole nitrogens is 1. The van der Waals surface area contributed by atoms with Gasteiger partial charge in [0.1, 0.15) is 5.82 Å². The molecule has 1 aromatic heterocycles. The van der Waals surface area contributed by atoms with Gasteiger partial charge in [-0.05, 0) is 24.0 Å². The molecule has 1 unspecified atom stereocenters. The van der Waals surface area contributed by atoms with E-state index in [0.717, 1.165) is 24.5 Å². The molecule has 0 bridgehead atoms.